The van der Waals surface area contributed by atoms with Crippen LogP contribution in [0.25, 0.3) is 0 Å². The molecular formula is C16H20F3NO3. The first-order chi connectivity index (χ1) is 10.7. The van der Waals surface area contributed by atoms with Crippen molar-refractivity contribution in [3.63, 3.8) is 0 Å². The lowest BCUT2D eigenvalue weighted by atomic mass is 9.98. The van der Waals surface area contributed by atoms with Crippen LogP contribution in [-0.4, -0.2) is 25.9 Å². The Morgan fingerprint density at radius 3 is 2.65 bits per heavy atom. The lowest BCUT2D eigenvalue weighted by molar-refractivity contribution is -0.153. The molecule has 4 nitrogen and oxygen atoms in total. The molecule has 0 aliphatic carbocycles. The first-order valence-corrected chi connectivity index (χ1v) is 7.43. The Labute approximate surface area is 133 Å². The Morgan fingerprint density at radius 1 is 1.39 bits per heavy atom. The van der Waals surface area contributed by atoms with Crippen molar-refractivity contribution in [2.45, 2.75) is 39.1 Å². The number of rotatable bonds is 4. The summed E-state index contributed by atoms with van der Waals surface area (Å²) in [6.45, 7) is 3.45. The molecule has 128 valence electrons. The van der Waals surface area contributed by atoms with Crippen LogP contribution in [0.3, 0.4) is 0 Å². The van der Waals surface area contributed by atoms with Crippen molar-refractivity contribution >= 4 is 11.6 Å². The maximum absolute atomic E-state index is 13.3. The van der Waals surface area contributed by atoms with Crippen molar-refractivity contribution in [3.8, 4) is 5.75 Å². The summed E-state index contributed by atoms with van der Waals surface area (Å²) in [6.07, 6.45) is -4.05. The summed E-state index contributed by atoms with van der Waals surface area (Å²) < 4.78 is 50.5. The van der Waals surface area contributed by atoms with E-state index in [0.717, 1.165) is 6.42 Å². The topological polar surface area (TPSA) is 38.8 Å². The van der Waals surface area contributed by atoms with Crippen LogP contribution in [0.15, 0.2) is 18.2 Å². The Morgan fingerprint density at radius 2 is 2.09 bits per heavy atom. The minimum atomic E-state index is -4.79. The van der Waals surface area contributed by atoms with Gasteiger partial charge in [0.25, 0.3) is 5.91 Å². The minimum Gasteiger partial charge on any atom is -0.497 e. The number of fused-ring (bicyclic) bond motifs is 1. The highest BCUT2D eigenvalue weighted by Gasteiger charge is 2.45. The number of hydrogen-bond acceptors (Lipinski definition) is 3. The summed E-state index contributed by atoms with van der Waals surface area (Å²) in [7, 11) is 1.44. The standard InChI is InChI=1S/C16H20F3NO3/c1-10(2)4-7-14-12-8-11(22-3)5-6-13(12)20(16(17,18)19)15(21)9-23-14/h5-6,8,10,14H,4,7,9H2,1-3H3/t14-/m0/s1. The zero-order valence-corrected chi connectivity index (χ0v) is 13.3. The number of alkyl halides is 3. The van der Waals surface area contributed by atoms with Crippen molar-refractivity contribution in [3.05, 3.63) is 23.8 Å². The zero-order chi connectivity index (χ0) is 17.2. The number of methoxy groups -OCH3 is 1. The fourth-order valence-corrected chi connectivity index (χ4v) is 2.58. The number of hydrogen-bond donors (Lipinski definition) is 0. The number of halogens is 3. The van der Waals surface area contributed by atoms with E-state index < -0.39 is 24.9 Å². The Balaban J connectivity index is 2.49. The largest absolute Gasteiger partial charge is 0.497 e. The molecule has 1 aliphatic rings. The van der Waals surface area contributed by atoms with Crippen LogP contribution in [0.4, 0.5) is 18.9 Å². The number of anilines is 1. The van der Waals surface area contributed by atoms with Gasteiger partial charge in [-0.15, -0.1) is 13.2 Å². The smallest absolute Gasteiger partial charge is 0.491 e. The van der Waals surface area contributed by atoms with Crippen LogP contribution < -0.4 is 9.64 Å². The van der Waals surface area contributed by atoms with Crippen molar-refractivity contribution in [2.75, 3.05) is 18.6 Å². The van der Waals surface area contributed by atoms with Crippen LogP contribution in [-0.2, 0) is 9.53 Å². The highest BCUT2D eigenvalue weighted by atomic mass is 19.4. The predicted molar refractivity (Wildman–Crippen MR) is 79.3 cm³/mol. The van der Waals surface area contributed by atoms with Gasteiger partial charge in [0.05, 0.1) is 18.9 Å². The van der Waals surface area contributed by atoms with E-state index in [2.05, 4.69) is 0 Å². The van der Waals surface area contributed by atoms with Gasteiger partial charge in [-0.25, -0.2) is 4.90 Å². The molecular weight excluding hydrogens is 311 g/mol. The van der Waals surface area contributed by atoms with E-state index in [-0.39, 0.29) is 10.6 Å². The van der Waals surface area contributed by atoms with Gasteiger partial charge in [-0.2, -0.15) is 0 Å². The molecule has 23 heavy (non-hydrogen) atoms. The summed E-state index contributed by atoms with van der Waals surface area (Å²) in [4.78, 5) is 11.8. The van der Waals surface area contributed by atoms with Gasteiger partial charge in [-0.1, -0.05) is 13.8 Å². The molecule has 1 heterocycles. The summed E-state index contributed by atoms with van der Waals surface area (Å²) in [6, 6.07) is 4.18. The van der Waals surface area contributed by atoms with E-state index in [9.17, 15) is 18.0 Å². The van der Waals surface area contributed by atoms with E-state index >= 15 is 0 Å². The van der Waals surface area contributed by atoms with E-state index in [1.807, 2.05) is 13.8 Å². The van der Waals surface area contributed by atoms with Gasteiger partial charge in [-0.05, 0) is 37.0 Å². The van der Waals surface area contributed by atoms with Crippen molar-refractivity contribution in [1.82, 2.24) is 0 Å². The second-order valence-corrected chi connectivity index (χ2v) is 5.89. The monoisotopic (exact) mass is 331 g/mol. The fraction of sp³-hybridized carbons (Fsp3) is 0.562. The normalized spacial score (nSPS) is 18.8. The summed E-state index contributed by atoms with van der Waals surface area (Å²) in [5, 5.41) is 0. The molecule has 2 rings (SSSR count). The third-order valence-electron chi connectivity index (χ3n) is 3.74. The summed E-state index contributed by atoms with van der Waals surface area (Å²) >= 11 is 0. The Bertz CT molecular complexity index is 572. The molecule has 0 radical (unpaired) electrons. The van der Waals surface area contributed by atoms with Crippen molar-refractivity contribution in [2.24, 2.45) is 5.92 Å². The molecule has 0 saturated heterocycles. The number of carbonyl (C=O) groups excluding carboxylic acids is 1. The molecule has 1 atom stereocenters. The Hall–Kier alpha value is -1.76. The Kier molecular flexibility index (Phi) is 5.19. The van der Waals surface area contributed by atoms with E-state index in [4.69, 9.17) is 9.47 Å². The SMILES string of the molecule is COc1ccc2c(c1)[C@H](CCC(C)C)OCC(=O)N2C(F)(F)F. The quantitative estimate of drug-likeness (QED) is 0.781. The van der Waals surface area contributed by atoms with Gasteiger partial charge in [0.2, 0.25) is 0 Å². The molecule has 0 saturated carbocycles. The summed E-state index contributed by atoms with van der Waals surface area (Å²) in [5.41, 5.74) is 0.141. The highest BCUT2D eigenvalue weighted by molar-refractivity contribution is 5.96. The van der Waals surface area contributed by atoms with Crippen molar-refractivity contribution in [1.29, 1.82) is 0 Å². The minimum absolute atomic E-state index is 0.142. The fourth-order valence-electron chi connectivity index (χ4n) is 2.58. The lowest BCUT2D eigenvalue weighted by Gasteiger charge is -2.25. The molecule has 1 amide bonds. The number of benzene rings is 1. The molecule has 0 bridgehead atoms. The van der Waals surface area contributed by atoms with Crippen LogP contribution in [0.2, 0.25) is 0 Å². The molecule has 1 aromatic rings. The number of carbonyl (C=O) groups is 1. The second kappa shape index (κ2) is 6.78. The molecule has 0 unspecified atom stereocenters. The van der Waals surface area contributed by atoms with E-state index in [1.165, 1.54) is 25.3 Å². The zero-order valence-electron chi connectivity index (χ0n) is 13.3. The first-order valence-electron chi connectivity index (χ1n) is 7.43. The third-order valence-corrected chi connectivity index (χ3v) is 3.74. The highest BCUT2D eigenvalue weighted by Crippen LogP contribution is 2.41. The van der Waals surface area contributed by atoms with E-state index in [1.54, 1.807) is 0 Å². The lowest BCUT2D eigenvalue weighted by Crippen LogP contribution is -2.44. The van der Waals surface area contributed by atoms with Gasteiger partial charge in [-0.3, -0.25) is 4.79 Å². The third kappa shape index (κ3) is 3.96. The van der Waals surface area contributed by atoms with Crippen molar-refractivity contribution < 1.29 is 27.4 Å². The summed E-state index contributed by atoms with van der Waals surface area (Å²) in [5.74, 6) is -0.306. The molecule has 1 aliphatic heterocycles. The second-order valence-electron chi connectivity index (χ2n) is 5.89. The molecule has 0 N–H and O–H groups in total. The average Bonchev–Trinajstić information content (AvgIpc) is 2.60. The van der Waals surface area contributed by atoms with Crippen LogP contribution in [0.1, 0.15) is 38.4 Å². The number of ether oxygens (including phenoxy) is 2. The molecule has 0 spiro atoms. The van der Waals surface area contributed by atoms with Gasteiger partial charge < -0.3 is 9.47 Å². The first kappa shape index (κ1) is 17.6. The molecule has 7 heteroatoms. The van der Waals surface area contributed by atoms with Crippen LogP contribution >= 0.6 is 0 Å². The molecule has 0 fully saturated rings. The predicted octanol–water partition coefficient (Wildman–Crippen LogP) is 4.06. The van der Waals surface area contributed by atoms with Crippen LogP contribution in [0, 0.1) is 5.92 Å². The van der Waals surface area contributed by atoms with Gasteiger partial charge in [0.1, 0.15) is 12.4 Å². The number of nitrogens with zero attached hydrogens (tertiary/aromatic N) is 1. The average molecular weight is 331 g/mol. The van der Waals surface area contributed by atoms with Gasteiger partial charge in [0.15, 0.2) is 0 Å². The maximum atomic E-state index is 13.3. The van der Waals surface area contributed by atoms with E-state index in [0.29, 0.717) is 23.7 Å². The molecule has 1 aromatic carbocycles. The van der Waals surface area contributed by atoms with Gasteiger partial charge in [0, 0.05) is 5.56 Å². The number of amides is 1. The van der Waals surface area contributed by atoms with Gasteiger partial charge >= 0.3 is 6.30 Å². The maximum Gasteiger partial charge on any atom is 0.491 e. The van der Waals surface area contributed by atoms with Crippen LogP contribution in [0.5, 0.6) is 5.75 Å². The molecule has 0 aromatic heterocycles.